The number of alkyl halides is 1. The van der Waals surface area contributed by atoms with Gasteiger partial charge in [0.2, 0.25) is 11.7 Å². The molecule has 2 rings (SSSR count). The first-order chi connectivity index (χ1) is 11.0. The number of nitro groups is 1. The molecule has 0 saturated heterocycles. The average molecular weight is 337 g/mol. The van der Waals surface area contributed by atoms with Crippen molar-refractivity contribution in [3.05, 3.63) is 46.6 Å². The zero-order valence-electron chi connectivity index (χ0n) is 12.1. The van der Waals surface area contributed by atoms with Gasteiger partial charge in [-0.3, -0.25) is 14.9 Å². The van der Waals surface area contributed by atoms with Gasteiger partial charge in [-0.25, -0.2) is 4.98 Å². The molecule has 0 unspecified atom stereocenters. The van der Waals surface area contributed by atoms with Crippen LogP contribution in [0.3, 0.4) is 0 Å². The summed E-state index contributed by atoms with van der Waals surface area (Å²) in [5.74, 6) is -0.00713. The van der Waals surface area contributed by atoms with E-state index in [9.17, 15) is 14.9 Å². The van der Waals surface area contributed by atoms with Crippen molar-refractivity contribution < 1.29 is 14.5 Å². The van der Waals surface area contributed by atoms with Crippen LogP contribution in [-0.2, 0) is 4.79 Å². The average Bonchev–Trinajstić information content (AvgIpc) is 2.55. The summed E-state index contributed by atoms with van der Waals surface area (Å²) < 4.78 is 5.53. The Labute approximate surface area is 136 Å². The minimum absolute atomic E-state index is 0.0785. The van der Waals surface area contributed by atoms with Crippen molar-refractivity contribution in [1.29, 1.82) is 0 Å². The first-order valence-electron chi connectivity index (χ1n) is 6.49. The Balaban J connectivity index is 2.27. The summed E-state index contributed by atoms with van der Waals surface area (Å²) in [5.41, 5.74) is 0.411. The predicted octanol–water partition coefficient (Wildman–Crippen LogP) is 3.00. The lowest BCUT2D eigenvalue weighted by molar-refractivity contribution is -0.385. The van der Waals surface area contributed by atoms with Crippen molar-refractivity contribution in [3.8, 4) is 11.5 Å². The number of amides is 1. The number of anilines is 2. The number of nitrogens with zero attached hydrogens (tertiary/aromatic N) is 2. The van der Waals surface area contributed by atoms with Gasteiger partial charge in [-0.2, -0.15) is 0 Å². The van der Waals surface area contributed by atoms with E-state index in [2.05, 4.69) is 15.6 Å². The van der Waals surface area contributed by atoms with E-state index >= 15 is 0 Å². The zero-order chi connectivity index (χ0) is 16.8. The molecule has 0 spiro atoms. The summed E-state index contributed by atoms with van der Waals surface area (Å²) >= 11 is 5.40. The number of rotatable bonds is 6. The normalized spacial score (nSPS) is 10.0. The molecule has 0 radical (unpaired) electrons. The number of benzene rings is 1. The smallest absolute Gasteiger partial charge is 0.313 e. The Kier molecular flexibility index (Phi) is 5.32. The second-order valence-corrected chi connectivity index (χ2v) is 4.62. The fraction of sp³-hybridized carbons (Fsp3) is 0.143. The maximum Gasteiger partial charge on any atom is 0.313 e. The van der Waals surface area contributed by atoms with Crippen molar-refractivity contribution in [2.45, 2.75) is 0 Å². The highest BCUT2D eigenvalue weighted by Gasteiger charge is 2.17. The van der Waals surface area contributed by atoms with E-state index in [0.29, 0.717) is 11.4 Å². The molecular formula is C14H13ClN4O4. The lowest BCUT2D eigenvalue weighted by Gasteiger charge is -2.09. The summed E-state index contributed by atoms with van der Waals surface area (Å²) in [4.78, 5) is 25.8. The summed E-state index contributed by atoms with van der Waals surface area (Å²) in [5, 5.41) is 16.4. The lowest BCUT2D eigenvalue weighted by atomic mass is 10.2. The fourth-order valence-corrected chi connectivity index (χ4v) is 1.81. The maximum absolute atomic E-state index is 11.2. The van der Waals surface area contributed by atoms with E-state index in [-0.39, 0.29) is 23.1 Å². The number of nitrogens with one attached hydrogen (secondary N) is 2. The van der Waals surface area contributed by atoms with Crippen LogP contribution in [0.2, 0.25) is 0 Å². The molecule has 0 atom stereocenters. The van der Waals surface area contributed by atoms with E-state index < -0.39 is 10.8 Å². The number of hydrogen-bond acceptors (Lipinski definition) is 6. The van der Waals surface area contributed by atoms with Gasteiger partial charge in [0, 0.05) is 31.1 Å². The number of carbonyl (C=O) groups excluding carboxylic acids is 1. The fourth-order valence-electron chi connectivity index (χ4n) is 1.75. The van der Waals surface area contributed by atoms with E-state index in [0.717, 1.165) is 0 Å². The molecular weight excluding hydrogens is 324 g/mol. The third kappa shape index (κ3) is 4.30. The van der Waals surface area contributed by atoms with Gasteiger partial charge in [0.25, 0.3) is 0 Å². The number of aromatic nitrogens is 1. The van der Waals surface area contributed by atoms with Crippen LogP contribution in [0.1, 0.15) is 0 Å². The number of hydrogen-bond donors (Lipinski definition) is 2. The van der Waals surface area contributed by atoms with Gasteiger partial charge >= 0.3 is 5.69 Å². The number of nitro benzene ring substituents is 1. The Morgan fingerprint density at radius 2 is 2.17 bits per heavy atom. The van der Waals surface area contributed by atoms with Crippen LogP contribution in [-0.4, -0.2) is 28.7 Å². The number of ether oxygens (including phenoxy) is 1. The molecule has 2 N–H and O–H groups in total. The molecule has 0 aliphatic rings. The lowest BCUT2D eigenvalue weighted by Crippen LogP contribution is -2.13. The molecule has 120 valence electrons. The zero-order valence-corrected chi connectivity index (χ0v) is 12.8. The Bertz CT molecular complexity index is 738. The van der Waals surface area contributed by atoms with Crippen molar-refractivity contribution in [2.75, 3.05) is 23.6 Å². The van der Waals surface area contributed by atoms with Gasteiger partial charge in [0.05, 0.1) is 4.92 Å². The Morgan fingerprint density at radius 3 is 2.83 bits per heavy atom. The topological polar surface area (TPSA) is 106 Å². The van der Waals surface area contributed by atoms with Crippen LogP contribution in [0.15, 0.2) is 36.5 Å². The Morgan fingerprint density at radius 1 is 1.39 bits per heavy atom. The second-order valence-electron chi connectivity index (χ2n) is 4.35. The highest BCUT2D eigenvalue weighted by atomic mass is 35.5. The van der Waals surface area contributed by atoms with Gasteiger partial charge < -0.3 is 15.4 Å². The minimum atomic E-state index is -0.534. The van der Waals surface area contributed by atoms with Crippen LogP contribution in [0, 0.1) is 10.1 Å². The quantitative estimate of drug-likeness (QED) is 0.477. The number of carbonyl (C=O) groups is 1. The highest BCUT2D eigenvalue weighted by molar-refractivity contribution is 6.29. The van der Waals surface area contributed by atoms with E-state index in [1.54, 1.807) is 13.1 Å². The molecule has 2 aromatic rings. The van der Waals surface area contributed by atoms with Crippen LogP contribution in [0.5, 0.6) is 11.5 Å². The highest BCUT2D eigenvalue weighted by Crippen LogP contribution is 2.33. The summed E-state index contributed by atoms with van der Waals surface area (Å²) in [6.07, 6.45) is 1.41. The summed E-state index contributed by atoms with van der Waals surface area (Å²) in [6, 6.07) is 7.47. The monoisotopic (exact) mass is 336 g/mol. The van der Waals surface area contributed by atoms with Crippen molar-refractivity contribution in [2.24, 2.45) is 0 Å². The molecule has 1 heterocycles. The molecule has 8 nitrogen and oxygen atoms in total. The van der Waals surface area contributed by atoms with Gasteiger partial charge in [0.15, 0.2) is 0 Å². The molecule has 0 fully saturated rings. The maximum atomic E-state index is 11.2. The Hall–Kier alpha value is -2.87. The summed E-state index contributed by atoms with van der Waals surface area (Å²) in [7, 11) is 1.66. The minimum Gasteiger partial charge on any atom is -0.450 e. The largest absolute Gasteiger partial charge is 0.450 e. The van der Waals surface area contributed by atoms with Gasteiger partial charge in [-0.05, 0) is 18.2 Å². The van der Waals surface area contributed by atoms with Crippen LogP contribution in [0.4, 0.5) is 17.2 Å². The molecule has 0 saturated carbocycles. The molecule has 1 aromatic carbocycles. The third-order valence-corrected chi connectivity index (χ3v) is 3.04. The van der Waals surface area contributed by atoms with Crippen molar-refractivity contribution in [3.63, 3.8) is 0 Å². The van der Waals surface area contributed by atoms with Crippen LogP contribution in [0.25, 0.3) is 0 Å². The number of halogens is 1. The third-order valence-electron chi connectivity index (χ3n) is 2.79. The van der Waals surface area contributed by atoms with Crippen molar-refractivity contribution >= 4 is 34.7 Å². The molecule has 1 amide bonds. The molecule has 23 heavy (non-hydrogen) atoms. The molecule has 1 aromatic heterocycles. The first kappa shape index (κ1) is 16.5. The molecule has 0 aliphatic heterocycles. The van der Waals surface area contributed by atoms with Crippen molar-refractivity contribution in [1.82, 2.24) is 4.98 Å². The summed E-state index contributed by atoms with van der Waals surface area (Å²) in [6.45, 7) is 0. The SMILES string of the molecule is CNc1ccc(Oc2ccnc(NC(=O)CCl)c2)c([N+](=O)[O-])c1. The number of pyridine rings is 1. The van der Waals surface area contributed by atoms with Gasteiger partial charge in [-0.1, -0.05) is 0 Å². The second kappa shape index (κ2) is 7.41. The van der Waals surface area contributed by atoms with Crippen LogP contribution < -0.4 is 15.4 Å². The molecule has 9 heteroatoms. The van der Waals surface area contributed by atoms with Gasteiger partial charge in [0.1, 0.15) is 17.4 Å². The predicted molar refractivity (Wildman–Crippen MR) is 86.3 cm³/mol. The standard InChI is InChI=1S/C14H13ClN4O4/c1-16-9-2-3-12(11(6-9)19(21)22)23-10-4-5-17-13(7-10)18-14(20)8-15/h2-7,16H,8H2,1H3,(H,17,18,20). The van der Waals surface area contributed by atoms with E-state index in [4.69, 9.17) is 16.3 Å². The van der Waals surface area contributed by atoms with Gasteiger partial charge in [-0.15, -0.1) is 11.6 Å². The van der Waals surface area contributed by atoms with E-state index in [1.165, 1.54) is 30.5 Å². The molecule has 0 bridgehead atoms. The first-order valence-corrected chi connectivity index (χ1v) is 7.03. The molecule has 0 aliphatic carbocycles. The van der Waals surface area contributed by atoms with E-state index in [1.807, 2.05) is 0 Å². The van der Waals surface area contributed by atoms with Crippen LogP contribution >= 0.6 is 11.6 Å².